The van der Waals surface area contributed by atoms with E-state index in [1.807, 2.05) is 30.3 Å². The largest absolute Gasteiger partial charge is 0.493 e. The summed E-state index contributed by atoms with van der Waals surface area (Å²) in [5.41, 5.74) is 0.974. The Kier molecular flexibility index (Phi) is 5.45. The van der Waals surface area contributed by atoms with E-state index in [1.54, 1.807) is 10.8 Å². The lowest BCUT2D eigenvalue weighted by atomic mass is 10.1. The number of hydrogen-bond acceptors (Lipinski definition) is 2. The molecule has 1 aromatic carbocycles. The van der Waals surface area contributed by atoms with Crippen molar-refractivity contribution in [3.63, 3.8) is 0 Å². The third-order valence-corrected chi connectivity index (χ3v) is 3.45. The van der Waals surface area contributed by atoms with Crippen molar-refractivity contribution < 1.29 is 4.74 Å². The average Bonchev–Trinajstić information content (AvgIpc) is 2.44. The SMILES string of the molecule is CC(C)CCOc1ccn(Cc2ccc(Cl)cc2)c(=O)c1. The summed E-state index contributed by atoms with van der Waals surface area (Å²) < 4.78 is 7.24. The van der Waals surface area contributed by atoms with Crippen LogP contribution in [0.15, 0.2) is 47.4 Å². The second kappa shape index (κ2) is 7.32. The van der Waals surface area contributed by atoms with E-state index >= 15 is 0 Å². The summed E-state index contributed by atoms with van der Waals surface area (Å²) in [7, 11) is 0. The van der Waals surface area contributed by atoms with Crippen LogP contribution in [0.25, 0.3) is 0 Å². The van der Waals surface area contributed by atoms with Crippen molar-refractivity contribution in [2.24, 2.45) is 5.92 Å². The van der Waals surface area contributed by atoms with Crippen LogP contribution in [0.1, 0.15) is 25.8 Å². The smallest absolute Gasteiger partial charge is 0.254 e. The van der Waals surface area contributed by atoms with Crippen molar-refractivity contribution in [1.82, 2.24) is 4.57 Å². The normalized spacial score (nSPS) is 10.9. The zero-order valence-electron chi connectivity index (χ0n) is 12.4. The van der Waals surface area contributed by atoms with Gasteiger partial charge in [0.15, 0.2) is 0 Å². The van der Waals surface area contributed by atoms with Crippen LogP contribution < -0.4 is 10.3 Å². The fourth-order valence-corrected chi connectivity index (χ4v) is 2.03. The Balaban J connectivity index is 2.02. The van der Waals surface area contributed by atoms with Crippen LogP contribution in [-0.4, -0.2) is 11.2 Å². The third kappa shape index (κ3) is 4.94. The summed E-state index contributed by atoms with van der Waals surface area (Å²) >= 11 is 5.85. The highest BCUT2D eigenvalue weighted by molar-refractivity contribution is 6.30. The van der Waals surface area contributed by atoms with Crippen LogP contribution in [0.3, 0.4) is 0 Å². The summed E-state index contributed by atoms with van der Waals surface area (Å²) in [4.78, 5) is 12.1. The lowest BCUT2D eigenvalue weighted by Gasteiger charge is -2.10. The lowest BCUT2D eigenvalue weighted by Crippen LogP contribution is -2.19. The lowest BCUT2D eigenvalue weighted by molar-refractivity contribution is 0.288. The second-order valence-corrected chi connectivity index (χ2v) is 5.92. The molecule has 21 heavy (non-hydrogen) atoms. The van der Waals surface area contributed by atoms with Crippen LogP contribution in [0.4, 0.5) is 0 Å². The van der Waals surface area contributed by atoms with Crippen LogP contribution in [0, 0.1) is 5.92 Å². The van der Waals surface area contributed by atoms with Gasteiger partial charge in [-0.15, -0.1) is 0 Å². The molecule has 0 atom stereocenters. The maximum Gasteiger partial charge on any atom is 0.254 e. The van der Waals surface area contributed by atoms with E-state index in [0.29, 0.717) is 29.8 Å². The van der Waals surface area contributed by atoms with Crippen LogP contribution in [0.2, 0.25) is 5.02 Å². The van der Waals surface area contributed by atoms with Crippen molar-refractivity contribution in [2.75, 3.05) is 6.61 Å². The van der Waals surface area contributed by atoms with Crippen LogP contribution in [0.5, 0.6) is 5.75 Å². The molecule has 3 nitrogen and oxygen atoms in total. The van der Waals surface area contributed by atoms with Gasteiger partial charge in [-0.2, -0.15) is 0 Å². The van der Waals surface area contributed by atoms with Crippen LogP contribution in [-0.2, 0) is 6.54 Å². The third-order valence-electron chi connectivity index (χ3n) is 3.20. The van der Waals surface area contributed by atoms with Gasteiger partial charge in [0.05, 0.1) is 13.2 Å². The molecule has 0 aliphatic carbocycles. The average molecular weight is 306 g/mol. The maximum atomic E-state index is 12.1. The number of hydrogen-bond donors (Lipinski definition) is 0. The summed E-state index contributed by atoms with van der Waals surface area (Å²) in [6, 6.07) is 10.9. The minimum atomic E-state index is -0.0630. The van der Waals surface area contributed by atoms with E-state index in [4.69, 9.17) is 16.3 Å². The van der Waals surface area contributed by atoms with E-state index in [0.717, 1.165) is 12.0 Å². The maximum absolute atomic E-state index is 12.1. The molecule has 0 amide bonds. The molecule has 0 spiro atoms. The molecule has 1 heterocycles. The van der Waals surface area contributed by atoms with Gasteiger partial charge in [0.1, 0.15) is 5.75 Å². The number of benzene rings is 1. The van der Waals surface area contributed by atoms with Gasteiger partial charge < -0.3 is 9.30 Å². The van der Waals surface area contributed by atoms with E-state index in [1.165, 1.54) is 6.07 Å². The van der Waals surface area contributed by atoms with E-state index < -0.39 is 0 Å². The van der Waals surface area contributed by atoms with Crippen LogP contribution >= 0.6 is 11.6 Å². The highest BCUT2D eigenvalue weighted by Gasteiger charge is 2.02. The fraction of sp³-hybridized carbons (Fsp3) is 0.353. The van der Waals surface area contributed by atoms with Gasteiger partial charge in [0.25, 0.3) is 5.56 Å². The predicted molar refractivity (Wildman–Crippen MR) is 86.2 cm³/mol. The molecule has 4 heteroatoms. The first kappa shape index (κ1) is 15.6. The van der Waals surface area contributed by atoms with Gasteiger partial charge in [-0.3, -0.25) is 4.79 Å². The minimum absolute atomic E-state index is 0.0630. The number of rotatable bonds is 6. The molecule has 2 aromatic rings. The van der Waals surface area contributed by atoms with Crippen molar-refractivity contribution >= 4 is 11.6 Å². The second-order valence-electron chi connectivity index (χ2n) is 5.49. The van der Waals surface area contributed by atoms with Gasteiger partial charge in [-0.25, -0.2) is 0 Å². The van der Waals surface area contributed by atoms with Crippen molar-refractivity contribution in [1.29, 1.82) is 0 Å². The molecule has 112 valence electrons. The molecule has 0 saturated carbocycles. The summed E-state index contributed by atoms with van der Waals surface area (Å²) in [5.74, 6) is 1.23. The van der Waals surface area contributed by atoms with Crippen molar-refractivity contribution in [3.05, 3.63) is 63.5 Å². The Morgan fingerprint density at radius 2 is 1.90 bits per heavy atom. The molecule has 0 fully saturated rings. The Labute approximate surface area is 130 Å². The Morgan fingerprint density at radius 3 is 2.52 bits per heavy atom. The highest BCUT2D eigenvalue weighted by atomic mass is 35.5. The molecular weight excluding hydrogens is 286 g/mol. The summed E-state index contributed by atoms with van der Waals surface area (Å²) in [6.45, 7) is 5.46. The Hall–Kier alpha value is -1.74. The van der Waals surface area contributed by atoms with Gasteiger partial charge >= 0.3 is 0 Å². The number of pyridine rings is 1. The molecule has 0 saturated heterocycles. The molecule has 0 radical (unpaired) electrons. The monoisotopic (exact) mass is 305 g/mol. The zero-order valence-corrected chi connectivity index (χ0v) is 13.1. The molecule has 0 unspecified atom stereocenters. The Bertz CT molecular complexity index is 632. The van der Waals surface area contributed by atoms with Crippen molar-refractivity contribution in [3.8, 4) is 5.75 Å². The first-order valence-corrected chi connectivity index (χ1v) is 7.50. The Morgan fingerprint density at radius 1 is 1.19 bits per heavy atom. The standard InChI is InChI=1S/C17H20ClNO2/c1-13(2)8-10-21-16-7-9-19(17(20)11-16)12-14-3-5-15(18)6-4-14/h3-7,9,11,13H,8,10,12H2,1-2H3. The topological polar surface area (TPSA) is 31.2 Å². The predicted octanol–water partition coefficient (Wildman–Crippen LogP) is 3.97. The first-order chi connectivity index (χ1) is 10.0. The molecular formula is C17H20ClNO2. The number of halogens is 1. The first-order valence-electron chi connectivity index (χ1n) is 7.12. The quantitative estimate of drug-likeness (QED) is 0.808. The molecule has 1 aromatic heterocycles. The highest BCUT2D eigenvalue weighted by Crippen LogP contribution is 2.12. The number of aromatic nitrogens is 1. The zero-order chi connectivity index (χ0) is 15.2. The fourth-order valence-electron chi connectivity index (χ4n) is 1.91. The number of ether oxygens (including phenoxy) is 1. The van der Waals surface area contributed by atoms with E-state index in [2.05, 4.69) is 13.8 Å². The van der Waals surface area contributed by atoms with Gasteiger partial charge in [-0.1, -0.05) is 37.6 Å². The van der Waals surface area contributed by atoms with Gasteiger partial charge in [-0.05, 0) is 36.1 Å². The van der Waals surface area contributed by atoms with Gasteiger partial charge in [0.2, 0.25) is 0 Å². The minimum Gasteiger partial charge on any atom is -0.493 e. The molecule has 0 N–H and O–H groups in total. The molecule has 2 rings (SSSR count). The summed E-state index contributed by atoms with van der Waals surface area (Å²) in [5, 5.41) is 0.694. The van der Waals surface area contributed by atoms with Gasteiger partial charge in [0, 0.05) is 17.3 Å². The molecule has 0 aliphatic rings. The van der Waals surface area contributed by atoms with Crippen molar-refractivity contribution in [2.45, 2.75) is 26.8 Å². The number of nitrogens with zero attached hydrogens (tertiary/aromatic N) is 1. The molecule has 0 aliphatic heterocycles. The van der Waals surface area contributed by atoms with E-state index in [-0.39, 0.29) is 5.56 Å². The summed E-state index contributed by atoms with van der Waals surface area (Å²) in [6.07, 6.45) is 2.75. The molecule has 0 bridgehead atoms. The van der Waals surface area contributed by atoms with E-state index in [9.17, 15) is 4.79 Å².